The summed E-state index contributed by atoms with van der Waals surface area (Å²) in [4.78, 5) is 11.7. The van der Waals surface area contributed by atoms with Crippen LogP contribution in [0.15, 0.2) is 18.5 Å². The Labute approximate surface area is 94.5 Å². The number of carbonyl (C=O) groups is 1. The summed E-state index contributed by atoms with van der Waals surface area (Å²) in [6.07, 6.45) is 3.30. The van der Waals surface area contributed by atoms with Gasteiger partial charge < -0.3 is 9.67 Å². The predicted molar refractivity (Wildman–Crippen MR) is 63.3 cm³/mol. The Hall–Kier alpha value is -0.740. The summed E-state index contributed by atoms with van der Waals surface area (Å²) in [7, 11) is 1.89. The zero-order valence-electron chi connectivity index (χ0n) is 9.30. The molecule has 1 aromatic rings. The second-order valence-corrected chi connectivity index (χ2v) is 5.11. The van der Waals surface area contributed by atoms with Gasteiger partial charge in [-0.05, 0) is 13.0 Å². The van der Waals surface area contributed by atoms with Crippen LogP contribution in [0.25, 0.3) is 0 Å². The van der Waals surface area contributed by atoms with Gasteiger partial charge >= 0.3 is 0 Å². The Morgan fingerprint density at radius 3 is 2.73 bits per heavy atom. The van der Waals surface area contributed by atoms with Crippen molar-refractivity contribution in [2.45, 2.75) is 25.2 Å². The van der Waals surface area contributed by atoms with E-state index in [1.165, 1.54) is 11.8 Å². The first-order valence-electron chi connectivity index (χ1n) is 4.95. The van der Waals surface area contributed by atoms with E-state index in [0.29, 0.717) is 5.75 Å². The fraction of sp³-hybridized carbons (Fsp3) is 0.545. The molecular formula is C11H17NO2S. The van der Waals surface area contributed by atoms with Crippen molar-refractivity contribution in [2.24, 2.45) is 7.05 Å². The highest BCUT2D eigenvalue weighted by Gasteiger charge is 2.13. The van der Waals surface area contributed by atoms with E-state index in [0.717, 1.165) is 5.56 Å². The first-order chi connectivity index (χ1) is 7.00. The van der Waals surface area contributed by atoms with Gasteiger partial charge in [-0.15, -0.1) is 11.8 Å². The van der Waals surface area contributed by atoms with Crippen molar-refractivity contribution in [2.75, 3.05) is 5.75 Å². The van der Waals surface area contributed by atoms with Crippen molar-refractivity contribution in [1.82, 2.24) is 4.57 Å². The molecule has 2 unspecified atom stereocenters. The van der Waals surface area contributed by atoms with Crippen LogP contribution in [-0.2, 0) is 7.05 Å². The Morgan fingerprint density at radius 2 is 2.27 bits per heavy atom. The fourth-order valence-electron chi connectivity index (χ4n) is 1.10. The molecule has 1 heterocycles. The number of rotatable bonds is 5. The van der Waals surface area contributed by atoms with Gasteiger partial charge in [0.25, 0.3) is 0 Å². The van der Waals surface area contributed by atoms with E-state index in [1.54, 1.807) is 6.92 Å². The molecule has 0 spiro atoms. The van der Waals surface area contributed by atoms with Crippen molar-refractivity contribution in [3.8, 4) is 0 Å². The molecule has 1 N–H and O–H groups in total. The maximum Gasteiger partial charge on any atom is 0.174 e. The summed E-state index contributed by atoms with van der Waals surface area (Å²) in [5.41, 5.74) is 0.739. The van der Waals surface area contributed by atoms with Crippen molar-refractivity contribution in [1.29, 1.82) is 0 Å². The van der Waals surface area contributed by atoms with Gasteiger partial charge in [0.15, 0.2) is 5.78 Å². The van der Waals surface area contributed by atoms with E-state index in [9.17, 15) is 9.90 Å². The molecule has 1 aromatic heterocycles. The lowest BCUT2D eigenvalue weighted by atomic mass is 10.2. The summed E-state index contributed by atoms with van der Waals surface area (Å²) < 4.78 is 1.86. The Morgan fingerprint density at radius 1 is 1.60 bits per heavy atom. The largest absolute Gasteiger partial charge is 0.392 e. The van der Waals surface area contributed by atoms with E-state index in [4.69, 9.17) is 0 Å². The maximum absolute atomic E-state index is 11.7. The van der Waals surface area contributed by atoms with Gasteiger partial charge in [-0.2, -0.15) is 0 Å². The second-order valence-electron chi connectivity index (χ2n) is 3.75. The number of carbonyl (C=O) groups excluding carboxylic acids is 1. The van der Waals surface area contributed by atoms with Crippen molar-refractivity contribution < 1.29 is 9.90 Å². The number of nitrogens with zero attached hydrogens (tertiary/aromatic N) is 1. The summed E-state index contributed by atoms with van der Waals surface area (Å²) in [5.74, 6) is 0.545. The van der Waals surface area contributed by atoms with Gasteiger partial charge in [-0.1, -0.05) is 6.92 Å². The summed E-state index contributed by atoms with van der Waals surface area (Å²) in [5, 5.41) is 9.37. The molecule has 0 aliphatic heterocycles. The van der Waals surface area contributed by atoms with Gasteiger partial charge in [-0.25, -0.2) is 0 Å². The number of hydrogen-bond donors (Lipinski definition) is 1. The Kier molecular flexibility index (Phi) is 4.42. The zero-order valence-corrected chi connectivity index (χ0v) is 10.1. The van der Waals surface area contributed by atoms with Crippen LogP contribution in [0.2, 0.25) is 0 Å². The molecule has 84 valence electrons. The summed E-state index contributed by atoms with van der Waals surface area (Å²) >= 11 is 1.49. The number of hydrogen-bond acceptors (Lipinski definition) is 3. The normalized spacial score (nSPS) is 14.9. The molecule has 0 saturated carbocycles. The SMILES string of the molecule is CC(O)C(C)SCC(=O)c1ccn(C)c1. The van der Waals surface area contributed by atoms with Crippen LogP contribution in [-0.4, -0.2) is 32.6 Å². The van der Waals surface area contributed by atoms with Crippen LogP contribution < -0.4 is 0 Å². The van der Waals surface area contributed by atoms with Crippen molar-refractivity contribution in [3.63, 3.8) is 0 Å². The van der Waals surface area contributed by atoms with Gasteiger partial charge in [0.1, 0.15) is 0 Å². The molecule has 0 bridgehead atoms. The minimum atomic E-state index is -0.376. The van der Waals surface area contributed by atoms with Crippen LogP contribution in [0.1, 0.15) is 24.2 Å². The standard InChI is InChI=1S/C11H17NO2S/c1-8(13)9(2)15-7-11(14)10-4-5-12(3)6-10/h4-6,8-9,13H,7H2,1-3H3. The lowest BCUT2D eigenvalue weighted by Crippen LogP contribution is -2.17. The molecule has 0 saturated heterocycles. The number of ketones is 1. The lowest BCUT2D eigenvalue weighted by Gasteiger charge is -2.12. The fourth-order valence-corrected chi connectivity index (χ4v) is 1.96. The Balaban J connectivity index is 2.43. The number of thioether (sulfide) groups is 1. The van der Waals surface area contributed by atoms with Crippen LogP contribution >= 0.6 is 11.8 Å². The molecule has 3 nitrogen and oxygen atoms in total. The second kappa shape index (κ2) is 5.37. The predicted octanol–water partition coefficient (Wildman–Crippen LogP) is 1.71. The van der Waals surface area contributed by atoms with E-state index in [-0.39, 0.29) is 17.1 Å². The number of Topliss-reactive ketones (excluding diaryl/α,β-unsaturated/α-hetero) is 1. The molecule has 0 aromatic carbocycles. The molecule has 0 aliphatic carbocycles. The van der Waals surface area contributed by atoms with E-state index in [1.807, 2.05) is 37.0 Å². The van der Waals surface area contributed by atoms with Gasteiger partial charge in [0.2, 0.25) is 0 Å². The van der Waals surface area contributed by atoms with Crippen LogP contribution in [0.4, 0.5) is 0 Å². The molecule has 1 rings (SSSR count). The third-order valence-corrected chi connectivity index (χ3v) is 3.66. The first-order valence-corrected chi connectivity index (χ1v) is 6.00. The molecule has 0 amide bonds. The molecule has 0 radical (unpaired) electrons. The third kappa shape index (κ3) is 3.72. The molecule has 4 heteroatoms. The Bertz CT molecular complexity index is 333. The maximum atomic E-state index is 11.7. The lowest BCUT2D eigenvalue weighted by molar-refractivity contribution is 0.102. The minimum absolute atomic E-state index is 0.0951. The van der Waals surface area contributed by atoms with E-state index < -0.39 is 0 Å². The highest BCUT2D eigenvalue weighted by molar-refractivity contribution is 8.00. The summed E-state index contributed by atoms with van der Waals surface area (Å²) in [6.45, 7) is 3.66. The van der Waals surface area contributed by atoms with Gasteiger partial charge in [0.05, 0.1) is 11.9 Å². The van der Waals surface area contributed by atoms with Crippen LogP contribution in [0.3, 0.4) is 0 Å². The first kappa shape index (κ1) is 12.3. The van der Waals surface area contributed by atoms with Crippen molar-refractivity contribution in [3.05, 3.63) is 24.0 Å². The quantitative estimate of drug-likeness (QED) is 0.779. The summed E-state index contributed by atoms with van der Waals surface area (Å²) in [6, 6.07) is 1.82. The van der Waals surface area contributed by atoms with Crippen LogP contribution in [0, 0.1) is 0 Å². The van der Waals surface area contributed by atoms with E-state index in [2.05, 4.69) is 0 Å². The third-order valence-electron chi connectivity index (χ3n) is 2.31. The highest BCUT2D eigenvalue weighted by Crippen LogP contribution is 2.16. The molecule has 2 atom stereocenters. The number of aliphatic hydroxyl groups is 1. The van der Waals surface area contributed by atoms with Gasteiger partial charge in [-0.3, -0.25) is 4.79 Å². The van der Waals surface area contributed by atoms with E-state index >= 15 is 0 Å². The minimum Gasteiger partial charge on any atom is -0.392 e. The average molecular weight is 227 g/mol. The smallest absolute Gasteiger partial charge is 0.174 e. The molecular weight excluding hydrogens is 210 g/mol. The van der Waals surface area contributed by atoms with Gasteiger partial charge in [0, 0.05) is 30.3 Å². The van der Waals surface area contributed by atoms with Crippen molar-refractivity contribution >= 4 is 17.5 Å². The molecule has 15 heavy (non-hydrogen) atoms. The number of aryl methyl sites for hydroxylation is 1. The zero-order chi connectivity index (χ0) is 11.4. The highest BCUT2D eigenvalue weighted by atomic mass is 32.2. The number of aliphatic hydroxyl groups excluding tert-OH is 1. The molecule has 0 aliphatic rings. The monoisotopic (exact) mass is 227 g/mol. The van der Waals surface area contributed by atoms with Crippen LogP contribution in [0.5, 0.6) is 0 Å². The topological polar surface area (TPSA) is 42.2 Å². The number of aromatic nitrogens is 1. The average Bonchev–Trinajstić information content (AvgIpc) is 2.60. The molecule has 0 fully saturated rings.